The van der Waals surface area contributed by atoms with Crippen LogP contribution < -0.4 is 16.7 Å². The van der Waals surface area contributed by atoms with E-state index in [1.54, 1.807) is 6.07 Å². The Balaban J connectivity index is 2.01. The minimum Gasteiger partial charge on any atom is -0.368 e. The average Bonchev–Trinajstić information content (AvgIpc) is 2.67. The standard InChI is InChI=1S/C11H18N6O/c1-7(2)3-8(12)5-13-9-4-10-15-16-11(18)17(10)6-14-9/h4,6-8,13H,3,5,12H2,1-2H3,(H,16,18). The highest BCUT2D eigenvalue weighted by Gasteiger charge is 2.06. The Morgan fingerprint density at radius 3 is 3.06 bits per heavy atom. The molecule has 4 N–H and O–H groups in total. The molecule has 0 aliphatic carbocycles. The monoisotopic (exact) mass is 250 g/mol. The number of rotatable bonds is 5. The SMILES string of the molecule is CC(C)CC(N)CNc1cc2n[nH]c(=O)n2cn1. The van der Waals surface area contributed by atoms with Crippen LogP contribution in [-0.4, -0.2) is 32.2 Å². The molecule has 2 rings (SSSR count). The molecule has 0 aromatic carbocycles. The van der Waals surface area contributed by atoms with E-state index < -0.39 is 0 Å². The molecule has 2 aromatic rings. The smallest absolute Gasteiger partial charge is 0.348 e. The number of H-pyrrole nitrogens is 1. The number of nitrogens with zero attached hydrogens (tertiary/aromatic N) is 3. The highest BCUT2D eigenvalue weighted by atomic mass is 16.1. The maximum absolute atomic E-state index is 11.2. The first-order valence-corrected chi connectivity index (χ1v) is 5.98. The molecule has 0 saturated heterocycles. The number of aromatic amines is 1. The van der Waals surface area contributed by atoms with E-state index >= 15 is 0 Å². The summed E-state index contributed by atoms with van der Waals surface area (Å²) in [5.74, 6) is 1.24. The molecule has 0 bridgehead atoms. The van der Waals surface area contributed by atoms with Crippen LogP contribution in [0.25, 0.3) is 5.65 Å². The van der Waals surface area contributed by atoms with Gasteiger partial charge in [-0.3, -0.25) is 0 Å². The van der Waals surface area contributed by atoms with Gasteiger partial charge >= 0.3 is 5.69 Å². The van der Waals surface area contributed by atoms with E-state index in [-0.39, 0.29) is 11.7 Å². The molecule has 1 unspecified atom stereocenters. The van der Waals surface area contributed by atoms with Crippen molar-refractivity contribution in [3.05, 3.63) is 22.9 Å². The molecule has 0 amide bonds. The Hall–Kier alpha value is -1.89. The van der Waals surface area contributed by atoms with Crippen molar-refractivity contribution in [2.45, 2.75) is 26.3 Å². The van der Waals surface area contributed by atoms with Crippen LogP contribution in [0.15, 0.2) is 17.2 Å². The molecule has 0 aliphatic rings. The first-order valence-electron chi connectivity index (χ1n) is 5.98. The largest absolute Gasteiger partial charge is 0.368 e. The predicted octanol–water partition coefficient (Wildman–Crippen LogP) is 0.203. The fraction of sp³-hybridized carbons (Fsp3) is 0.545. The summed E-state index contributed by atoms with van der Waals surface area (Å²) in [5, 5.41) is 9.37. The molecule has 98 valence electrons. The molecule has 0 spiro atoms. The van der Waals surface area contributed by atoms with Crippen molar-refractivity contribution in [1.29, 1.82) is 0 Å². The molecule has 0 saturated carbocycles. The number of anilines is 1. The van der Waals surface area contributed by atoms with Crippen molar-refractivity contribution in [3.63, 3.8) is 0 Å². The molecule has 18 heavy (non-hydrogen) atoms. The zero-order valence-corrected chi connectivity index (χ0v) is 10.6. The Labute approximate surface area is 104 Å². The van der Waals surface area contributed by atoms with Crippen LogP contribution in [0.1, 0.15) is 20.3 Å². The van der Waals surface area contributed by atoms with Crippen molar-refractivity contribution >= 4 is 11.5 Å². The highest BCUT2D eigenvalue weighted by Crippen LogP contribution is 2.06. The van der Waals surface area contributed by atoms with Gasteiger partial charge in [-0.05, 0) is 12.3 Å². The zero-order chi connectivity index (χ0) is 13.1. The molecule has 7 nitrogen and oxygen atoms in total. The summed E-state index contributed by atoms with van der Waals surface area (Å²) < 4.78 is 1.35. The number of nitrogens with one attached hydrogen (secondary N) is 2. The third-order valence-electron chi connectivity index (χ3n) is 2.63. The lowest BCUT2D eigenvalue weighted by molar-refractivity contribution is 0.508. The third kappa shape index (κ3) is 2.86. The van der Waals surface area contributed by atoms with Gasteiger partial charge < -0.3 is 11.1 Å². The molecule has 2 aromatic heterocycles. The maximum atomic E-state index is 11.2. The van der Waals surface area contributed by atoms with Gasteiger partial charge in [0.1, 0.15) is 12.1 Å². The van der Waals surface area contributed by atoms with Gasteiger partial charge in [0.2, 0.25) is 0 Å². The van der Waals surface area contributed by atoms with Crippen molar-refractivity contribution in [3.8, 4) is 0 Å². The van der Waals surface area contributed by atoms with Gasteiger partial charge in [-0.15, -0.1) is 0 Å². The van der Waals surface area contributed by atoms with Gasteiger partial charge in [0.15, 0.2) is 5.65 Å². The Morgan fingerprint density at radius 2 is 2.33 bits per heavy atom. The predicted molar refractivity (Wildman–Crippen MR) is 69.5 cm³/mol. The lowest BCUT2D eigenvalue weighted by Crippen LogP contribution is -2.30. The highest BCUT2D eigenvalue weighted by molar-refractivity contribution is 5.48. The first-order chi connectivity index (χ1) is 8.56. The van der Waals surface area contributed by atoms with E-state index in [2.05, 4.69) is 34.3 Å². The lowest BCUT2D eigenvalue weighted by atomic mass is 10.0. The van der Waals surface area contributed by atoms with E-state index in [0.29, 0.717) is 23.9 Å². The Bertz CT molecular complexity index is 572. The van der Waals surface area contributed by atoms with Crippen LogP contribution in [0.3, 0.4) is 0 Å². The molecule has 7 heteroatoms. The molecule has 2 heterocycles. The summed E-state index contributed by atoms with van der Waals surface area (Å²) in [7, 11) is 0. The number of hydrogen-bond donors (Lipinski definition) is 3. The van der Waals surface area contributed by atoms with Crippen LogP contribution >= 0.6 is 0 Å². The Morgan fingerprint density at radius 1 is 1.56 bits per heavy atom. The summed E-state index contributed by atoms with van der Waals surface area (Å²) >= 11 is 0. The van der Waals surface area contributed by atoms with Crippen LogP contribution in [0, 0.1) is 5.92 Å². The van der Waals surface area contributed by atoms with Crippen LogP contribution in [-0.2, 0) is 0 Å². The minimum atomic E-state index is -0.291. The van der Waals surface area contributed by atoms with E-state index in [0.717, 1.165) is 6.42 Å². The number of nitrogens with two attached hydrogens (primary N) is 1. The van der Waals surface area contributed by atoms with E-state index in [1.165, 1.54) is 10.7 Å². The van der Waals surface area contributed by atoms with E-state index in [9.17, 15) is 4.79 Å². The first kappa shape index (κ1) is 12.6. The quantitative estimate of drug-likeness (QED) is 0.704. The minimum absolute atomic E-state index is 0.0874. The molecular formula is C11H18N6O. The van der Waals surface area contributed by atoms with Gasteiger partial charge in [0, 0.05) is 18.7 Å². The summed E-state index contributed by atoms with van der Waals surface area (Å²) in [6.45, 7) is 4.93. The summed E-state index contributed by atoms with van der Waals surface area (Å²) in [4.78, 5) is 15.4. The second-order valence-electron chi connectivity index (χ2n) is 4.80. The van der Waals surface area contributed by atoms with Crippen molar-refractivity contribution in [2.24, 2.45) is 11.7 Å². The summed E-state index contributed by atoms with van der Waals surface area (Å²) in [6, 6.07) is 1.80. The lowest BCUT2D eigenvalue weighted by Gasteiger charge is -2.14. The van der Waals surface area contributed by atoms with Crippen LogP contribution in [0.4, 0.5) is 5.82 Å². The number of aromatic nitrogens is 4. The van der Waals surface area contributed by atoms with Crippen LogP contribution in [0.2, 0.25) is 0 Å². The maximum Gasteiger partial charge on any atom is 0.348 e. The van der Waals surface area contributed by atoms with Gasteiger partial charge in [-0.25, -0.2) is 19.3 Å². The second-order valence-corrected chi connectivity index (χ2v) is 4.80. The molecule has 0 radical (unpaired) electrons. The van der Waals surface area contributed by atoms with Gasteiger partial charge in [0.25, 0.3) is 0 Å². The average molecular weight is 250 g/mol. The summed E-state index contributed by atoms with van der Waals surface area (Å²) in [5.41, 5.74) is 6.22. The fourth-order valence-corrected chi connectivity index (χ4v) is 1.83. The Kier molecular flexibility index (Phi) is 3.61. The number of fused-ring (bicyclic) bond motifs is 1. The number of hydrogen-bond acceptors (Lipinski definition) is 5. The fourth-order valence-electron chi connectivity index (χ4n) is 1.83. The van der Waals surface area contributed by atoms with Gasteiger partial charge in [0.05, 0.1) is 0 Å². The van der Waals surface area contributed by atoms with Crippen LogP contribution in [0.5, 0.6) is 0 Å². The van der Waals surface area contributed by atoms with E-state index in [1.807, 2.05) is 0 Å². The third-order valence-corrected chi connectivity index (χ3v) is 2.63. The van der Waals surface area contributed by atoms with Crippen molar-refractivity contribution in [1.82, 2.24) is 19.6 Å². The second kappa shape index (κ2) is 5.18. The topological polar surface area (TPSA) is 101 Å². The van der Waals surface area contributed by atoms with Gasteiger partial charge in [-0.1, -0.05) is 13.8 Å². The molecule has 0 aliphatic heterocycles. The summed E-state index contributed by atoms with van der Waals surface area (Å²) in [6.07, 6.45) is 2.40. The zero-order valence-electron chi connectivity index (χ0n) is 10.6. The van der Waals surface area contributed by atoms with Crippen molar-refractivity contribution in [2.75, 3.05) is 11.9 Å². The molecular weight excluding hydrogens is 232 g/mol. The molecule has 1 atom stereocenters. The van der Waals surface area contributed by atoms with Crippen molar-refractivity contribution < 1.29 is 0 Å². The van der Waals surface area contributed by atoms with E-state index in [4.69, 9.17) is 5.73 Å². The molecule has 0 fully saturated rings. The van der Waals surface area contributed by atoms with Gasteiger partial charge in [-0.2, -0.15) is 5.10 Å². The normalized spacial score (nSPS) is 13.1.